The van der Waals surface area contributed by atoms with Crippen LogP contribution >= 0.6 is 11.3 Å². The molecule has 1 aromatic heterocycles. The summed E-state index contributed by atoms with van der Waals surface area (Å²) in [4.78, 5) is 2.05. The van der Waals surface area contributed by atoms with Crippen LogP contribution in [0.4, 0.5) is 10.1 Å². The van der Waals surface area contributed by atoms with E-state index in [1.165, 1.54) is 6.07 Å². The van der Waals surface area contributed by atoms with Crippen LogP contribution in [0.1, 0.15) is 15.3 Å². The first-order valence-electron chi connectivity index (χ1n) is 5.90. The molecule has 3 N–H and O–H groups in total. The molecule has 0 saturated heterocycles. The van der Waals surface area contributed by atoms with Crippen molar-refractivity contribution in [3.8, 4) is 0 Å². The van der Waals surface area contributed by atoms with Crippen molar-refractivity contribution in [2.75, 3.05) is 5.73 Å². The minimum absolute atomic E-state index is 0.0404. The van der Waals surface area contributed by atoms with Gasteiger partial charge in [-0.3, -0.25) is 0 Å². The predicted molar refractivity (Wildman–Crippen MR) is 78.6 cm³/mol. The Balaban J connectivity index is 2.16. The number of hydrogen-bond donors (Lipinski definition) is 2. The number of nitrogen functional groups attached to an aromatic ring is 1. The molecule has 0 spiro atoms. The number of nitrogens with one attached hydrogen (secondary N) is 1. The standard InChI is InChI=1S/C13H15FN2O2S2/c1-8-5-10(19-9(8)2)7-16-20(17,18)11-3-4-12(14)13(15)6-11/h3-6,16H,7,15H2,1-2H3. The normalized spacial score (nSPS) is 11.8. The average Bonchev–Trinajstić information content (AvgIpc) is 2.70. The Morgan fingerprint density at radius 3 is 2.55 bits per heavy atom. The highest BCUT2D eigenvalue weighted by Crippen LogP contribution is 2.21. The summed E-state index contributed by atoms with van der Waals surface area (Å²) in [6, 6.07) is 5.30. The zero-order chi connectivity index (χ0) is 14.9. The SMILES string of the molecule is Cc1cc(CNS(=O)(=O)c2ccc(F)c(N)c2)sc1C. The molecule has 0 radical (unpaired) electrons. The van der Waals surface area contributed by atoms with Crippen molar-refractivity contribution in [1.82, 2.24) is 4.72 Å². The van der Waals surface area contributed by atoms with E-state index < -0.39 is 15.8 Å². The molecule has 0 aliphatic carbocycles. The molecule has 4 nitrogen and oxygen atoms in total. The molecule has 0 atom stereocenters. The van der Waals surface area contributed by atoms with Gasteiger partial charge in [-0.2, -0.15) is 0 Å². The fourth-order valence-corrected chi connectivity index (χ4v) is 3.80. The third kappa shape index (κ3) is 3.17. The monoisotopic (exact) mass is 314 g/mol. The quantitative estimate of drug-likeness (QED) is 0.852. The number of aryl methyl sites for hydroxylation is 2. The molecule has 0 amide bonds. The summed E-state index contributed by atoms with van der Waals surface area (Å²) in [5, 5.41) is 0. The highest BCUT2D eigenvalue weighted by atomic mass is 32.2. The maximum Gasteiger partial charge on any atom is 0.240 e. The fourth-order valence-electron chi connectivity index (χ4n) is 1.68. The minimum Gasteiger partial charge on any atom is -0.396 e. The van der Waals surface area contributed by atoms with Crippen LogP contribution in [-0.2, 0) is 16.6 Å². The largest absolute Gasteiger partial charge is 0.396 e. The van der Waals surface area contributed by atoms with Crippen molar-refractivity contribution in [3.05, 3.63) is 45.4 Å². The molecule has 20 heavy (non-hydrogen) atoms. The number of anilines is 1. The molecule has 0 aliphatic heterocycles. The Kier molecular flexibility index (Phi) is 4.12. The van der Waals surface area contributed by atoms with Crippen LogP contribution in [0.2, 0.25) is 0 Å². The summed E-state index contributed by atoms with van der Waals surface area (Å²) in [6.07, 6.45) is 0. The van der Waals surface area contributed by atoms with Crippen molar-refractivity contribution >= 4 is 27.0 Å². The molecular weight excluding hydrogens is 299 g/mol. The van der Waals surface area contributed by atoms with Crippen LogP contribution in [-0.4, -0.2) is 8.42 Å². The summed E-state index contributed by atoms with van der Waals surface area (Å²) < 4.78 is 39.7. The summed E-state index contributed by atoms with van der Waals surface area (Å²) in [5.74, 6) is -0.631. The second-order valence-corrected chi connectivity index (χ2v) is 7.57. The van der Waals surface area contributed by atoms with Gasteiger partial charge in [0.1, 0.15) is 5.82 Å². The first-order chi connectivity index (χ1) is 9.29. The molecule has 1 heterocycles. The van der Waals surface area contributed by atoms with Gasteiger partial charge in [0.2, 0.25) is 10.0 Å². The van der Waals surface area contributed by atoms with Crippen LogP contribution in [0.3, 0.4) is 0 Å². The summed E-state index contributed by atoms with van der Waals surface area (Å²) in [6.45, 7) is 4.17. The van der Waals surface area contributed by atoms with Crippen LogP contribution in [0.15, 0.2) is 29.2 Å². The van der Waals surface area contributed by atoms with Gasteiger partial charge in [0.05, 0.1) is 10.6 Å². The van der Waals surface area contributed by atoms with Gasteiger partial charge in [-0.1, -0.05) is 0 Å². The molecular formula is C13H15FN2O2S2. The van der Waals surface area contributed by atoms with E-state index in [1.54, 1.807) is 11.3 Å². The minimum atomic E-state index is -3.69. The summed E-state index contributed by atoms with van der Waals surface area (Å²) in [7, 11) is -3.69. The summed E-state index contributed by atoms with van der Waals surface area (Å²) >= 11 is 1.54. The van der Waals surface area contributed by atoms with E-state index in [-0.39, 0.29) is 17.1 Å². The van der Waals surface area contributed by atoms with Gasteiger partial charge in [-0.05, 0) is 43.7 Å². The number of rotatable bonds is 4. The van der Waals surface area contributed by atoms with Crippen molar-refractivity contribution in [2.45, 2.75) is 25.3 Å². The third-order valence-corrected chi connectivity index (χ3v) is 5.48. The predicted octanol–water partition coefficient (Wildman–Crippen LogP) is 2.56. The molecule has 0 aliphatic rings. The molecule has 2 rings (SSSR count). The second kappa shape index (κ2) is 5.51. The number of hydrogen-bond acceptors (Lipinski definition) is 4. The maximum atomic E-state index is 13.0. The molecule has 108 valence electrons. The van der Waals surface area contributed by atoms with Crippen molar-refractivity contribution in [3.63, 3.8) is 0 Å². The van der Waals surface area contributed by atoms with Gasteiger partial charge < -0.3 is 5.73 Å². The number of benzene rings is 1. The van der Waals surface area contributed by atoms with Gasteiger partial charge >= 0.3 is 0 Å². The van der Waals surface area contributed by atoms with E-state index in [1.807, 2.05) is 19.9 Å². The molecule has 0 fully saturated rings. The molecule has 0 unspecified atom stereocenters. The zero-order valence-corrected chi connectivity index (χ0v) is 12.7. The van der Waals surface area contributed by atoms with E-state index in [0.29, 0.717) is 0 Å². The summed E-state index contributed by atoms with van der Waals surface area (Å²) in [5.41, 5.74) is 6.33. The van der Waals surface area contributed by atoms with Crippen LogP contribution in [0.5, 0.6) is 0 Å². The van der Waals surface area contributed by atoms with E-state index in [9.17, 15) is 12.8 Å². The smallest absolute Gasteiger partial charge is 0.240 e. The Labute approximate surface area is 121 Å². The lowest BCUT2D eigenvalue weighted by Crippen LogP contribution is -2.23. The van der Waals surface area contributed by atoms with Gasteiger partial charge in [-0.25, -0.2) is 17.5 Å². The van der Waals surface area contributed by atoms with Gasteiger partial charge in [-0.15, -0.1) is 11.3 Å². The highest BCUT2D eigenvalue weighted by molar-refractivity contribution is 7.89. The van der Waals surface area contributed by atoms with E-state index in [0.717, 1.165) is 27.5 Å². The number of nitrogens with two attached hydrogens (primary N) is 1. The molecule has 7 heteroatoms. The maximum absolute atomic E-state index is 13.0. The van der Waals surface area contributed by atoms with Crippen molar-refractivity contribution in [1.29, 1.82) is 0 Å². The van der Waals surface area contributed by atoms with Gasteiger partial charge in [0, 0.05) is 16.3 Å². The molecule has 0 saturated carbocycles. The molecule has 0 bridgehead atoms. The molecule has 2 aromatic rings. The third-order valence-electron chi connectivity index (χ3n) is 2.93. The van der Waals surface area contributed by atoms with Crippen LogP contribution in [0.25, 0.3) is 0 Å². The van der Waals surface area contributed by atoms with E-state index >= 15 is 0 Å². The Morgan fingerprint density at radius 1 is 1.30 bits per heavy atom. The van der Waals surface area contributed by atoms with E-state index in [2.05, 4.69) is 4.72 Å². The second-order valence-electron chi connectivity index (χ2n) is 4.46. The number of halogens is 1. The van der Waals surface area contributed by atoms with Crippen molar-refractivity contribution in [2.24, 2.45) is 0 Å². The first-order valence-corrected chi connectivity index (χ1v) is 8.20. The zero-order valence-electron chi connectivity index (χ0n) is 11.1. The van der Waals surface area contributed by atoms with Crippen LogP contribution < -0.4 is 10.5 Å². The lowest BCUT2D eigenvalue weighted by atomic mass is 10.3. The first kappa shape index (κ1) is 15.0. The lowest BCUT2D eigenvalue weighted by molar-refractivity contribution is 0.581. The van der Waals surface area contributed by atoms with Crippen molar-refractivity contribution < 1.29 is 12.8 Å². The number of sulfonamides is 1. The Morgan fingerprint density at radius 2 is 2.00 bits per heavy atom. The van der Waals surface area contributed by atoms with Gasteiger partial charge in [0.25, 0.3) is 0 Å². The van der Waals surface area contributed by atoms with Gasteiger partial charge in [0.15, 0.2) is 0 Å². The molecule has 1 aromatic carbocycles. The fraction of sp³-hybridized carbons (Fsp3) is 0.231. The average molecular weight is 314 g/mol. The van der Waals surface area contributed by atoms with E-state index in [4.69, 9.17) is 5.73 Å². The Bertz CT molecular complexity index is 719. The van der Waals surface area contributed by atoms with Crippen LogP contribution in [0, 0.1) is 19.7 Å². The highest BCUT2D eigenvalue weighted by Gasteiger charge is 2.16. The topological polar surface area (TPSA) is 72.2 Å². The Hall–Kier alpha value is -1.44. The number of thiophene rings is 1. The lowest BCUT2D eigenvalue weighted by Gasteiger charge is -2.06.